The SMILES string of the molecule is C=CCCOC(=O)N(C)C1CC(=NOCC)C2=CC(CCCCO)C(CCCCO)C3c4cc(Oc5ccc(C)c(C)c5)ccc4OC1(OCC=C)C23. The van der Waals surface area contributed by atoms with Crippen molar-refractivity contribution in [2.75, 3.05) is 40.1 Å². The van der Waals surface area contributed by atoms with Gasteiger partial charge < -0.3 is 38.9 Å². The summed E-state index contributed by atoms with van der Waals surface area (Å²) in [6, 6.07) is 11.4. The van der Waals surface area contributed by atoms with Gasteiger partial charge in [0.1, 0.15) is 29.9 Å². The van der Waals surface area contributed by atoms with Crippen LogP contribution in [0.15, 0.2) is 78.5 Å². The molecule has 0 saturated heterocycles. The van der Waals surface area contributed by atoms with E-state index in [1.807, 2.05) is 31.2 Å². The van der Waals surface area contributed by atoms with Crippen molar-refractivity contribution in [2.45, 2.75) is 89.9 Å². The van der Waals surface area contributed by atoms with Crippen molar-refractivity contribution in [1.29, 1.82) is 0 Å². The molecular weight excluding hydrogens is 672 g/mol. The Labute approximate surface area is 315 Å². The van der Waals surface area contributed by atoms with Gasteiger partial charge in [0.15, 0.2) is 0 Å². The van der Waals surface area contributed by atoms with E-state index < -0.39 is 23.8 Å². The Bertz CT molecular complexity index is 1640. The number of ether oxygens (including phenoxy) is 4. The summed E-state index contributed by atoms with van der Waals surface area (Å²) in [5, 5.41) is 24.3. The number of carbonyl (C=O) groups is 1. The number of allylic oxidation sites excluding steroid dienone is 1. The number of hydrogen-bond donors (Lipinski definition) is 2. The van der Waals surface area contributed by atoms with Gasteiger partial charge in [0.2, 0.25) is 5.79 Å². The van der Waals surface area contributed by atoms with Crippen LogP contribution >= 0.6 is 0 Å². The molecule has 53 heavy (non-hydrogen) atoms. The number of fused-ring (bicyclic) bond motifs is 2. The summed E-state index contributed by atoms with van der Waals surface area (Å²) in [5.41, 5.74) is 5.05. The van der Waals surface area contributed by atoms with Gasteiger partial charge in [0.05, 0.1) is 24.8 Å². The number of benzene rings is 2. The molecule has 3 aliphatic rings. The fourth-order valence-corrected chi connectivity index (χ4v) is 8.31. The summed E-state index contributed by atoms with van der Waals surface area (Å²) in [6.45, 7) is 14.8. The molecule has 10 nitrogen and oxygen atoms in total. The lowest BCUT2D eigenvalue weighted by atomic mass is 9.55. The minimum Gasteiger partial charge on any atom is -0.459 e. The van der Waals surface area contributed by atoms with Crippen LogP contribution in [0.1, 0.15) is 80.9 Å². The molecule has 6 unspecified atom stereocenters. The molecule has 1 fully saturated rings. The Morgan fingerprint density at radius 3 is 2.45 bits per heavy atom. The van der Waals surface area contributed by atoms with Crippen LogP contribution in [-0.2, 0) is 14.3 Å². The van der Waals surface area contributed by atoms with Gasteiger partial charge in [-0.15, -0.1) is 13.2 Å². The number of oxime groups is 1. The maximum atomic E-state index is 13.7. The molecule has 1 aliphatic heterocycles. The molecule has 2 N–H and O–H groups in total. The zero-order valence-electron chi connectivity index (χ0n) is 31.9. The highest BCUT2D eigenvalue weighted by Gasteiger charge is 2.65. The van der Waals surface area contributed by atoms with Crippen molar-refractivity contribution in [3.8, 4) is 17.2 Å². The quantitative estimate of drug-likeness (QED) is 0.0841. The molecular formula is C43H58N2O8. The number of unbranched alkanes of at least 4 members (excludes halogenated alkanes) is 2. The molecule has 0 bridgehead atoms. The average Bonchev–Trinajstić information content (AvgIpc) is 3.15. The molecule has 2 aromatic rings. The predicted octanol–water partition coefficient (Wildman–Crippen LogP) is 8.39. The predicted molar refractivity (Wildman–Crippen MR) is 206 cm³/mol. The van der Waals surface area contributed by atoms with Crippen LogP contribution in [0, 0.1) is 31.6 Å². The molecule has 2 aliphatic carbocycles. The monoisotopic (exact) mass is 730 g/mol. The van der Waals surface area contributed by atoms with E-state index in [9.17, 15) is 15.0 Å². The van der Waals surface area contributed by atoms with Crippen molar-refractivity contribution in [1.82, 2.24) is 4.90 Å². The molecule has 0 spiro atoms. The lowest BCUT2D eigenvalue weighted by Gasteiger charge is -2.59. The third kappa shape index (κ3) is 8.82. The highest BCUT2D eigenvalue weighted by Crippen LogP contribution is 2.62. The number of likely N-dealkylation sites (N-methyl/N-ethyl adjacent to an activating group) is 1. The van der Waals surface area contributed by atoms with Gasteiger partial charge in [0, 0.05) is 38.2 Å². The highest BCUT2D eigenvalue weighted by atomic mass is 16.7. The van der Waals surface area contributed by atoms with Crippen LogP contribution in [0.2, 0.25) is 0 Å². The van der Waals surface area contributed by atoms with Gasteiger partial charge in [0.25, 0.3) is 0 Å². The maximum Gasteiger partial charge on any atom is 0.409 e. The van der Waals surface area contributed by atoms with E-state index in [0.717, 1.165) is 53.8 Å². The number of aryl methyl sites for hydroxylation is 2. The van der Waals surface area contributed by atoms with Gasteiger partial charge in [-0.25, -0.2) is 4.79 Å². The zero-order valence-corrected chi connectivity index (χ0v) is 31.9. The second-order valence-corrected chi connectivity index (χ2v) is 14.3. The molecule has 1 saturated carbocycles. The van der Waals surface area contributed by atoms with E-state index in [0.29, 0.717) is 43.8 Å². The Morgan fingerprint density at radius 1 is 1.02 bits per heavy atom. The Kier molecular flexibility index (Phi) is 14.2. The van der Waals surface area contributed by atoms with Crippen molar-refractivity contribution < 1.29 is 38.8 Å². The van der Waals surface area contributed by atoms with Gasteiger partial charge in [-0.2, -0.15) is 0 Å². The summed E-state index contributed by atoms with van der Waals surface area (Å²) in [7, 11) is 1.72. The van der Waals surface area contributed by atoms with Gasteiger partial charge >= 0.3 is 6.09 Å². The number of aliphatic hydroxyl groups is 2. The molecule has 0 radical (unpaired) electrons. The summed E-state index contributed by atoms with van der Waals surface area (Å²) >= 11 is 0. The standard InChI is InChI=1S/C43H58N2O8/c1-7-10-24-49-42(48)45(6)39-28-37(44-51-9-3)35-26-31(15-11-13-21-46)34(16-12-14-22-47)40-36-27-33(52-32-18-17-29(4)30(5)25-32)19-20-38(36)53-43(39,41(35)40)50-23-8-2/h7-8,17-20,25-27,31,34,39-41,46-47H,1-2,9-16,21-24,28H2,3-6H3. The maximum absolute atomic E-state index is 13.7. The molecule has 1 amide bonds. The zero-order chi connectivity index (χ0) is 38.0. The molecule has 5 rings (SSSR count). The Hall–Kier alpha value is -4.12. The van der Waals surface area contributed by atoms with Crippen LogP contribution in [0.25, 0.3) is 0 Å². The molecule has 10 heteroatoms. The number of hydrogen-bond acceptors (Lipinski definition) is 9. The molecule has 0 aromatic heterocycles. The normalized spacial score (nSPS) is 25.0. The highest BCUT2D eigenvalue weighted by molar-refractivity contribution is 6.02. The molecule has 6 atom stereocenters. The largest absolute Gasteiger partial charge is 0.459 e. The van der Waals surface area contributed by atoms with E-state index >= 15 is 0 Å². The number of rotatable bonds is 19. The Morgan fingerprint density at radius 2 is 1.75 bits per heavy atom. The van der Waals surface area contributed by atoms with E-state index in [2.05, 4.69) is 45.2 Å². The van der Waals surface area contributed by atoms with Crippen LogP contribution in [0.5, 0.6) is 17.2 Å². The van der Waals surface area contributed by atoms with Crippen molar-refractivity contribution in [2.24, 2.45) is 22.9 Å². The van der Waals surface area contributed by atoms with Crippen LogP contribution < -0.4 is 9.47 Å². The number of carbonyl (C=O) groups excluding carboxylic acids is 1. The summed E-state index contributed by atoms with van der Waals surface area (Å²) < 4.78 is 26.3. The summed E-state index contributed by atoms with van der Waals surface area (Å²) in [6.07, 6.45) is 10.9. The fraction of sp³-hybridized carbons (Fsp3) is 0.535. The van der Waals surface area contributed by atoms with E-state index in [1.165, 1.54) is 5.56 Å². The smallest absolute Gasteiger partial charge is 0.409 e. The first-order valence-electron chi connectivity index (χ1n) is 19.2. The average molecular weight is 731 g/mol. The number of nitrogens with zero attached hydrogens (tertiary/aromatic N) is 2. The molecule has 2 aromatic carbocycles. The van der Waals surface area contributed by atoms with Crippen LogP contribution in [0.4, 0.5) is 4.79 Å². The molecule has 1 heterocycles. The molecule has 288 valence electrons. The van der Waals surface area contributed by atoms with Gasteiger partial charge in [-0.1, -0.05) is 42.3 Å². The van der Waals surface area contributed by atoms with Crippen molar-refractivity contribution in [3.63, 3.8) is 0 Å². The second kappa shape index (κ2) is 18.8. The fourth-order valence-electron chi connectivity index (χ4n) is 8.31. The van der Waals surface area contributed by atoms with Crippen molar-refractivity contribution >= 4 is 11.8 Å². The van der Waals surface area contributed by atoms with E-state index in [4.69, 9.17) is 28.9 Å². The van der Waals surface area contributed by atoms with E-state index in [1.54, 1.807) is 24.1 Å². The lowest BCUT2D eigenvalue weighted by molar-refractivity contribution is -0.253. The van der Waals surface area contributed by atoms with Crippen LogP contribution in [-0.4, -0.2) is 78.8 Å². The first-order chi connectivity index (χ1) is 25.7. The first-order valence-corrected chi connectivity index (χ1v) is 19.2. The number of aliphatic hydroxyl groups excluding tert-OH is 2. The second-order valence-electron chi connectivity index (χ2n) is 14.3. The van der Waals surface area contributed by atoms with Gasteiger partial charge in [-0.05, 0) is 112 Å². The number of amides is 1. The summed E-state index contributed by atoms with van der Waals surface area (Å²) in [5.74, 6) is 0.456. The minimum atomic E-state index is -1.34. The van der Waals surface area contributed by atoms with Crippen LogP contribution in [0.3, 0.4) is 0 Å². The lowest BCUT2D eigenvalue weighted by Crippen LogP contribution is -2.69. The van der Waals surface area contributed by atoms with Crippen molar-refractivity contribution in [3.05, 3.63) is 90.0 Å². The summed E-state index contributed by atoms with van der Waals surface area (Å²) in [4.78, 5) is 21.1. The third-order valence-electron chi connectivity index (χ3n) is 11.0. The van der Waals surface area contributed by atoms with E-state index in [-0.39, 0.29) is 44.2 Å². The Balaban J connectivity index is 1.73. The first kappa shape index (κ1) is 40.1. The third-order valence-corrected chi connectivity index (χ3v) is 11.0. The minimum absolute atomic E-state index is 0.108. The topological polar surface area (TPSA) is 119 Å². The van der Waals surface area contributed by atoms with Gasteiger partial charge in [-0.3, -0.25) is 0 Å².